The number of rotatable bonds is 7. The SMILES string of the molecule is CCOc1ccc(C(=O)Nc2cccc(-c3nc(-c4ccc(OC)cc4)no3)c2)cc1. The number of nitrogens with one attached hydrogen (secondary N) is 1. The molecule has 1 aromatic heterocycles. The first-order valence-electron chi connectivity index (χ1n) is 9.79. The van der Waals surface area contributed by atoms with Gasteiger partial charge >= 0.3 is 0 Å². The first kappa shape index (κ1) is 20.2. The number of carbonyl (C=O) groups excluding carboxylic acids is 1. The molecule has 4 aromatic rings. The summed E-state index contributed by atoms with van der Waals surface area (Å²) in [5, 5.41) is 6.94. The first-order valence-corrected chi connectivity index (χ1v) is 9.79. The van der Waals surface area contributed by atoms with Crippen molar-refractivity contribution in [2.75, 3.05) is 19.0 Å². The number of amides is 1. The molecule has 3 aromatic carbocycles. The van der Waals surface area contributed by atoms with E-state index in [1.807, 2.05) is 43.3 Å². The van der Waals surface area contributed by atoms with E-state index in [0.29, 0.717) is 35.1 Å². The molecule has 31 heavy (non-hydrogen) atoms. The van der Waals surface area contributed by atoms with Crippen LogP contribution in [0.1, 0.15) is 17.3 Å². The van der Waals surface area contributed by atoms with Crippen LogP contribution in [0.5, 0.6) is 11.5 Å². The number of carbonyl (C=O) groups is 1. The van der Waals surface area contributed by atoms with Crippen LogP contribution in [-0.2, 0) is 0 Å². The third-order valence-electron chi connectivity index (χ3n) is 4.57. The highest BCUT2D eigenvalue weighted by Crippen LogP contribution is 2.26. The van der Waals surface area contributed by atoms with Crippen molar-refractivity contribution in [1.82, 2.24) is 10.1 Å². The van der Waals surface area contributed by atoms with Crippen LogP contribution >= 0.6 is 0 Å². The molecule has 0 aliphatic rings. The molecule has 1 amide bonds. The molecule has 0 saturated carbocycles. The zero-order valence-corrected chi connectivity index (χ0v) is 17.2. The molecule has 0 aliphatic carbocycles. The van der Waals surface area contributed by atoms with Crippen LogP contribution in [0.2, 0.25) is 0 Å². The zero-order valence-electron chi connectivity index (χ0n) is 17.2. The fraction of sp³-hybridized carbons (Fsp3) is 0.125. The van der Waals surface area contributed by atoms with Gasteiger partial charge in [0.15, 0.2) is 0 Å². The van der Waals surface area contributed by atoms with Gasteiger partial charge in [-0.2, -0.15) is 4.98 Å². The number of methoxy groups -OCH3 is 1. The van der Waals surface area contributed by atoms with Gasteiger partial charge in [0, 0.05) is 22.4 Å². The topological polar surface area (TPSA) is 86.5 Å². The number of hydrogen-bond donors (Lipinski definition) is 1. The third-order valence-corrected chi connectivity index (χ3v) is 4.57. The summed E-state index contributed by atoms with van der Waals surface area (Å²) in [5.74, 6) is 2.10. The molecule has 7 nitrogen and oxygen atoms in total. The lowest BCUT2D eigenvalue weighted by Gasteiger charge is -2.07. The molecule has 0 radical (unpaired) electrons. The van der Waals surface area contributed by atoms with Crippen molar-refractivity contribution in [3.8, 4) is 34.3 Å². The van der Waals surface area contributed by atoms with Crippen molar-refractivity contribution >= 4 is 11.6 Å². The van der Waals surface area contributed by atoms with Gasteiger partial charge in [-0.25, -0.2) is 0 Å². The molecular formula is C24H21N3O4. The summed E-state index contributed by atoms with van der Waals surface area (Å²) >= 11 is 0. The number of anilines is 1. The van der Waals surface area contributed by atoms with Crippen molar-refractivity contribution in [3.05, 3.63) is 78.4 Å². The Balaban J connectivity index is 1.49. The molecule has 0 bridgehead atoms. The van der Waals surface area contributed by atoms with Gasteiger partial charge in [0.25, 0.3) is 11.8 Å². The number of ether oxygens (including phenoxy) is 2. The minimum Gasteiger partial charge on any atom is -0.497 e. The second kappa shape index (κ2) is 9.13. The maximum atomic E-state index is 12.6. The Morgan fingerprint density at radius 1 is 0.968 bits per heavy atom. The van der Waals surface area contributed by atoms with Crippen LogP contribution in [0.15, 0.2) is 77.3 Å². The molecule has 0 aliphatic heterocycles. The molecule has 1 heterocycles. The van der Waals surface area contributed by atoms with Gasteiger partial charge in [0.05, 0.1) is 13.7 Å². The maximum Gasteiger partial charge on any atom is 0.258 e. The molecule has 1 N–H and O–H groups in total. The van der Waals surface area contributed by atoms with E-state index in [1.165, 1.54) is 0 Å². The van der Waals surface area contributed by atoms with Crippen LogP contribution in [-0.4, -0.2) is 29.8 Å². The van der Waals surface area contributed by atoms with Crippen LogP contribution in [0.4, 0.5) is 5.69 Å². The van der Waals surface area contributed by atoms with Crippen molar-refractivity contribution in [1.29, 1.82) is 0 Å². The van der Waals surface area contributed by atoms with E-state index in [2.05, 4.69) is 15.5 Å². The van der Waals surface area contributed by atoms with Crippen LogP contribution in [0.3, 0.4) is 0 Å². The lowest BCUT2D eigenvalue weighted by molar-refractivity contribution is 0.102. The van der Waals surface area contributed by atoms with E-state index in [0.717, 1.165) is 17.1 Å². The number of hydrogen-bond acceptors (Lipinski definition) is 6. The van der Waals surface area contributed by atoms with E-state index in [-0.39, 0.29) is 5.91 Å². The zero-order chi connectivity index (χ0) is 21.6. The normalized spacial score (nSPS) is 10.5. The highest BCUT2D eigenvalue weighted by atomic mass is 16.5. The molecule has 0 spiro atoms. The van der Waals surface area contributed by atoms with Gasteiger partial charge in [-0.15, -0.1) is 0 Å². The van der Waals surface area contributed by atoms with Gasteiger partial charge in [-0.3, -0.25) is 4.79 Å². The van der Waals surface area contributed by atoms with Gasteiger partial charge in [-0.1, -0.05) is 11.2 Å². The molecule has 0 atom stereocenters. The summed E-state index contributed by atoms with van der Waals surface area (Å²) in [7, 11) is 1.61. The maximum absolute atomic E-state index is 12.6. The van der Waals surface area contributed by atoms with E-state index in [9.17, 15) is 4.79 Å². The van der Waals surface area contributed by atoms with E-state index in [4.69, 9.17) is 14.0 Å². The van der Waals surface area contributed by atoms with Gasteiger partial charge < -0.3 is 19.3 Å². The lowest BCUT2D eigenvalue weighted by atomic mass is 10.1. The lowest BCUT2D eigenvalue weighted by Crippen LogP contribution is -2.11. The monoisotopic (exact) mass is 415 g/mol. The van der Waals surface area contributed by atoms with Crippen LogP contribution < -0.4 is 14.8 Å². The van der Waals surface area contributed by atoms with Crippen molar-refractivity contribution in [2.45, 2.75) is 6.92 Å². The standard InChI is InChI=1S/C24H21N3O4/c1-3-30-21-13-9-17(10-14-21)23(28)25-19-6-4-5-18(15-19)24-26-22(27-31-24)16-7-11-20(29-2)12-8-16/h4-15H,3H2,1-2H3,(H,25,28). The van der Waals surface area contributed by atoms with Gasteiger partial charge in [-0.05, 0) is 73.7 Å². The molecule has 0 saturated heterocycles. The Hall–Kier alpha value is -4.13. The Kier molecular flexibility index (Phi) is 5.93. The number of nitrogens with zero attached hydrogens (tertiary/aromatic N) is 2. The van der Waals surface area contributed by atoms with E-state index >= 15 is 0 Å². The summed E-state index contributed by atoms with van der Waals surface area (Å²) in [6.45, 7) is 2.49. The molecule has 0 fully saturated rings. The van der Waals surface area contributed by atoms with Crippen LogP contribution in [0, 0.1) is 0 Å². The minimum atomic E-state index is -0.218. The second-order valence-electron chi connectivity index (χ2n) is 6.64. The highest BCUT2D eigenvalue weighted by molar-refractivity contribution is 6.04. The van der Waals surface area contributed by atoms with Gasteiger partial charge in [0.1, 0.15) is 11.5 Å². The predicted molar refractivity (Wildman–Crippen MR) is 117 cm³/mol. The molecule has 4 rings (SSSR count). The summed E-state index contributed by atoms with van der Waals surface area (Å²) < 4.78 is 16.0. The molecule has 7 heteroatoms. The fourth-order valence-corrected chi connectivity index (χ4v) is 3.00. The highest BCUT2D eigenvalue weighted by Gasteiger charge is 2.12. The van der Waals surface area contributed by atoms with E-state index < -0.39 is 0 Å². The average Bonchev–Trinajstić information content (AvgIpc) is 3.30. The largest absolute Gasteiger partial charge is 0.497 e. The smallest absolute Gasteiger partial charge is 0.258 e. The summed E-state index contributed by atoms with van der Waals surface area (Å²) in [4.78, 5) is 17.0. The third kappa shape index (κ3) is 4.72. The number of benzene rings is 3. The fourth-order valence-electron chi connectivity index (χ4n) is 3.00. The quantitative estimate of drug-likeness (QED) is 0.454. The van der Waals surface area contributed by atoms with Crippen molar-refractivity contribution in [3.63, 3.8) is 0 Å². The first-order chi connectivity index (χ1) is 15.2. The summed E-state index contributed by atoms with van der Waals surface area (Å²) in [5.41, 5.74) is 2.68. The molecular weight excluding hydrogens is 394 g/mol. The second-order valence-corrected chi connectivity index (χ2v) is 6.64. The number of aromatic nitrogens is 2. The van der Waals surface area contributed by atoms with Crippen LogP contribution in [0.25, 0.3) is 22.8 Å². The Labute approximate surface area is 179 Å². The van der Waals surface area contributed by atoms with Crippen molar-refractivity contribution in [2.24, 2.45) is 0 Å². The Morgan fingerprint density at radius 2 is 1.71 bits per heavy atom. The Morgan fingerprint density at radius 3 is 2.42 bits per heavy atom. The molecule has 0 unspecified atom stereocenters. The minimum absolute atomic E-state index is 0.218. The predicted octanol–water partition coefficient (Wildman–Crippen LogP) is 5.06. The Bertz CT molecular complexity index is 1170. The summed E-state index contributed by atoms with van der Waals surface area (Å²) in [6.07, 6.45) is 0. The van der Waals surface area contributed by atoms with Crippen molar-refractivity contribution < 1.29 is 18.8 Å². The van der Waals surface area contributed by atoms with Gasteiger partial charge in [0.2, 0.25) is 5.82 Å². The van der Waals surface area contributed by atoms with E-state index in [1.54, 1.807) is 43.5 Å². The average molecular weight is 415 g/mol. The summed E-state index contributed by atoms with van der Waals surface area (Å²) in [6, 6.07) is 21.6. The molecule has 156 valence electrons.